The largest absolute Gasteiger partial charge is 0.426 e. The smallest absolute Gasteiger partial charge is 0.328 e. The second-order valence-corrected chi connectivity index (χ2v) is 9.39. The first-order chi connectivity index (χ1) is 11.7. The lowest BCUT2D eigenvalue weighted by molar-refractivity contribution is 0.0375. The molecule has 1 aromatic carbocycles. The molecule has 1 heterocycles. The fourth-order valence-electron chi connectivity index (χ4n) is 3.61. The van der Waals surface area contributed by atoms with E-state index < -0.39 is 0 Å². The molecule has 0 atom stereocenters. The van der Waals surface area contributed by atoms with Crippen molar-refractivity contribution in [1.82, 2.24) is 0 Å². The van der Waals surface area contributed by atoms with Gasteiger partial charge in [0.25, 0.3) is 0 Å². The van der Waals surface area contributed by atoms with E-state index in [0.717, 1.165) is 19.2 Å². The highest BCUT2D eigenvalue weighted by molar-refractivity contribution is 8.03. The molecule has 0 radical (unpaired) electrons. The van der Waals surface area contributed by atoms with Gasteiger partial charge in [-0.2, -0.15) is 0 Å². The summed E-state index contributed by atoms with van der Waals surface area (Å²) in [5, 5.41) is 0. The lowest BCUT2D eigenvalue weighted by atomic mass is 9.53. The number of thioether (sulfide) groups is 1. The summed E-state index contributed by atoms with van der Waals surface area (Å²) in [6, 6.07) is 6.58. The molecule has 3 rings (SSSR count). The Kier molecular flexibility index (Phi) is 5.10. The van der Waals surface area contributed by atoms with Crippen LogP contribution < -0.4 is 5.46 Å². The van der Waals surface area contributed by atoms with E-state index in [1.54, 1.807) is 0 Å². The quantitative estimate of drug-likeness (QED) is 0.608. The zero-order chi connectivity index (χ0) is 18.2. The summed E-state index contributed by atoms with van der Waals surface area (Å²) in [5.41, 5.74) is 3.92. The highest BCUT2D eigenvalue weighted by atomic mass is 32.2. The van der Waals surface area contributed by atoms with Crippen molar-refractivity contribution in [2.45, 2.75) is 64.3 Å². The van der Waals surface area contributed by atoms with Crippen molar-refractivity contribution in [2.75, 3.05) is 0 Å². The van der Waals surface area contributed by atoms with Crippen LogP contribution in [0.3, 0.4) is 0 Å². The van der Waals surface area contributed by atoms with Crippen molar-refractivity contribution in [3.05, 3.63) is 53.0 Å². The van der Waals surface area contributed by atoms with E-state index in [-0.39, 0.29) is 17.9 Å². The SMILES string of the molecule is C=Cc1c(SC2=CCCC=C2C)cccc1B1CC(C)(C)C(C)(C)O1. The minimum Gasteiger partial charge on any atom is -0.426 e. The van der Waals surface area contributed by atoms with Crippen molar-refractivity contribution >= 4 is 30.2 Å². The Balaban J connectivity index is 1.94. The van der Waals surface area contributed by atoms with Gasteiger partial charge in [0, 0.05) is 9.80 Å². The monoisotopic (exact) mass is 352 g/mol. The Morgan fingerprint density at radius 3 is 2.48 bits per heavy atom. The van der Waals surface area contributed by atoms with Crippen LogP contribution in [0.4, 0.5) is 0 Å². The number of benzene rings is 1. The fraction of sp³-hybridized carbons (Fsp3) is 0.455. The Bertz CT molecular complexity index is 726. The van der Waals surface area contributed by atoms with Gasteiger partial charge in [-0.25, -0.2) is 0 Å². The average Bonchev–Trinajstić information content (AvgIpc) is 2.77. The summed E-state index contributed by atoms with van der Waals surface area (Å²) in [6.45, 7) is 15.5. The van der Waals surface area contributed by atoms with Gasteiger partial charge in [0.15, 0.2) is 0 Å². The normalized spacial score (nSPS) is 21.7. The molecule has 1 nitrogen and oxygen atoms in total. The summed E-state index contributed by atoms with van der Waals surface area (Å²) < 4.78 is 6.48. The minimum atomic E-state index is -0.121. The van der Waals surface area contributed by atoms with Gasteiger partial charge in [0.2, 0.25) is 0 Å². The Hall–Kier alpha value is -1.19. The average molecular weight is 352 g/mol. The van der Waals surface area contributed by atoms with Crippen molar-refractivity contribution in [3.8, 4) is 0 Å². The molecule has 0 N–H and O–H groups in total. The topological polar surface area (TPSA) is 9.23 Å². The summed E-state index contributed by atoms with van der Waals surface area (Å²) in [5.74, 6) is 0. The van der Waals surface area contributed by atoms with Gasteiger partial charge in [-0.1, -0.05) is 62.5 Å². The molecule has 2 aliphatic rings. The summed E-state index contributed by atoms with van der Waals surface area (Å²) in [4.78, 5) is 2.65. The van der Waals surface area contributed by atoms with E-state index in [1.807, 2.05) is 17.8 Å². The molecule has 0 saturated carbocycles. The van der Waals surface area contributed by atoms with Crippen LogP contribution in [-0.2, 0) is 4.65 Å². The molecular weight excluding hydrogens is 323 g/mol. The Morgan fingerprint density at radius 2 is 1.88 bits per heavy atom. The molecule has 1 aromatic rings. The van der Waals surface area contributed by atoms with E-state index in [0.29, 0.717) is 0 Å². The van der Waals surface area contributed by atoms with E-state index in [1.165, 1.54) is 26.4 Å². The summed E-state index contributed by atoms with van der Waals surface area (Å²) in [7, 11) is 0. The van der Waals surface area contributed by atoms with Crippen molar-refractivity contribution in [1.29, 1.82) is 0 Å². The van der Waals surface area contributed by atoms with E-state index in [2.05, 4.69) is 71.5 Å². The van der Waals surface area contributed by atoms with Crippen LogP contribution in [0, 0.1) is 5.41 Å². The van der Waals surface area contributed by atoms with Crippen molar-refractivity contribution in [2.24, 2.45) is 5.41 Å². The fourth-order valence-corrected chi connectivity index (χ4v) is 4.75. The molecule has 25 heavy (non-hydrogen) atoms. The Morgan fingerprint density at radius 1 is 1.16 bits per heavy atom. The zero-order valence-electron chi connectivity index (χ0n) is 16.2. The maximum absolute atomic E-state index is 6.48. The zero-order valence-corrected chi connectivity index (χ0v) is 17.0. The van der Waals surface area contributed by atoms with E-state index in [9.17, 15) is 0 Å². The van der Waals surface area contributed by atoms with Gasteiger partial charge in [0.05, 0.1) is 5.60 Å². The predicted molar refractivity (Wildman–Crippen MR) is 113 cm³/mol. The molecule has 3 heteroatoms. The van der Waals surface area contributed by atoms with Crippen molar-refractivity contribution < 1.29 is 4.65 Å². The van der Waals surface area contributed by atoms with Crippen LogP contribution in [0.15, 0.2) is 52.3 Å². The lowest BCUT2D eigenvalue weighted by Gasteiger charge is -2.34. The Labute approximate surface area is 157 Å². The lowest BCUT2D eigenvalue weighted by Crippen LogP contribution is -2.36. The third-order valence-electron chi connectivity index (χ3n) is 5.97. The molecular formula is C22H29BOS. The first kappa shape index (κ1) is 18.6. The first-order valence-corrected chi connectivity index (χ1v) is 10.0. The van der Waals surface area contributed by atoms with Crippen LogP contribution >= 0.6 is 11.8 Å². The molecule has 132 valence electrons. The molecule has 0 aromatic heterocycles. The highest BCUT2D eigenvalue weighted by Gasteiger charge is 2.50. The van der Waals surface area contributed by atoms with Crippen LogP contribution in [0.1, 0.15) is 53.0 Å². The highest BCUT2D eigenvalue weighted by Crippen LogP contribution is 2.45. The maximum Gasteiger partial charge on any atom is 0.328 e. The summed E-state index contributed by atoms with van der Waals surface area (Å²) in [6.07, 6.45) is 10.0. The predicted octanol–water partition coefficient (Wildman–Crippen LogP) is 6.08. The standard InChI is InChI=1S/C22H29BOS/c1-7-17-18(23-15-21(3,4)22(5,6)24-23)12-10-14-20(17)25-19-13-9-8-11-16(19)2/h7,10-14H,1,8-9,15H2,2-6H3. The van der Waals surface area contributed by atoms with Crippen molar-refractivity contribution in [3.63, 3.8) is 0 Å². The van der Waals surface area contributed by atoms with Crippen LogP contribution in [-0.4, -0.2) is 12.5 Å². The van der Waals surface area contributed by atoms with E-state index in [4.69, 9.17) is 4.65 Å². The number of rotatable bonds is 4. The van der Waals surface area contributed by atoms with Gasteiger partial charge in [-0.05, 0) is 68.0 Å². The maximum atomic E-state index is 6.48. The molecule has 1 saturated heterocycles. The number of allylic oxidation sites excluding steroid dienone is 3. The first-order valence-electron chi connectivity index (χ1n) is 9.23. The van der Waals surface area contributed by atoms with Gasteiger partial charge >= 0.3 is 6.92 Å². The second-order valence-electron chi connectivity index (χ2n) is 8.30. The molecule has 1 fully saturated rings. The third-order valence-corrected chi connectivity index (χ3v) is 7.25. The molecule has 1 aliphatic heterocycles. The number of hydrogen-bond donors (Lipinski definition) is 0. The molecule has 1 aliphatic carbocycles. The minimum absolute atomic E-state index is 0.121. The molecule has 0 bridgehead atoms. The number of hydrogen-bond acceptors (Lipinski definition) is 2. The van der Waals surface area contributed by atoms with Gasteiger partial charge in [-0.3, -0.25) is 0 Å². The third kappa shape index (κ3) is 3.54. The van der Waals surface area contributed by atoms with Crippen LogP contribution in [0.5, 0.6) is 0 Å². The summed E-state index contributed by atoms with van der Waals surface area (Å²) >= 11 is 1.86. The van der Waals surface area contributed by atoms with Gasteiger partial charge in [-0.15, -0.1) is 0 Å². The van der Waals surface area contributed by atoms with Crippen LogP contribution in [0.2, 0.25) is 6.32 Å². The van der Waals surface area contributed by atoms with Gasteiger partial charge < -0.3 is 4.65 Å². The van der Waals surface area contributed by atoms with Crippen LogP contribution in [0.25, 0.3) is 6.08 Å². The molecule has 0 spiro atoms. The molecule has 0 unspecified atom stereocenters. The van der Waals surface area contributed by atoms with Gasteiger partial charge in [0.1, 0.15) is 0 Å². The molecule has 0 amide bonds. The second kappa shape index (κ2) is 6.85. The van der Waals surface area contributed by atoms with E-state index >= 15 is 0 Å².